The van der Waals surface area contributed by atoms with Gasteiger partial charge in [-0.2, -0.15) is 13.2 Å². The molecule has 4 nitrogen and oxygen atoms in total. The third kappa shape index (κ3) is 5.47. The van der Waals surface area contributed by atoms with Crippen LogP contribution in [-0.4, -0.2) is 18.4 Å². The topological polar surface area (TPSA) is 58.2 Å². The Morgan fingerprint density at radius 3 is 2.52 bits per heavy atom. The second kappa shape index (κ2) is 7.12. The molecule has 0 radical (unpaired) electrons. The van der Waals surface area contributed by atoms with Crippen LogP contribution < -0.4 is 10.6 Å². The van der Waals surface area contributed by atoms with Crippen LogP contribution in [0.25, 0.3) is 0 Å². The van der Waals surface area contributed by atoms with Crippen LogP contribution in [0.5, 0.6) is 0 Å². The molecule has 1 aromatic carbocycles. The lowest BCUT2D eigenvalue weighted by atomic mass is 10.2. The Bertz CT molecular complexity index is 559. The minimum atomic E-state index is -4.63. The fourth-order valence-electron chi connectivity index (χ4n) is 1.42. The number of hydrogen-bond donors (Lipinski definition) is 2. The van der Waals surface area contributed by atoms with E-state index < -0.39 is 35.0 Å². The number of nitrogens with one attached hydrogen (secondary N) is 2. The normalized spacial score (nSPS) is 10.9. The van der Waals surface area contributed by atoms with Crippen LogP contribution in [0.2, 0.25) is 5.02 Å². The maximum absolute atomic E-state index is 12.6. The van der Waals surface area contributed by atoms with Gasteiger partial charge >= 0.3 is 6.18 Å². The lowest BCUT2D eigenvalue weighted by Gasteiger charge is -2.11. The van der Waals surface area contributed by atoms with Crippen LogP contribution in [-0.2, 0) is 15.8 Å². The molecule has 0 heterocycles. The van der Waals surface area contributed by atoms with Crippen LogP contribution in [0.4, 0.5) is 18.9 Å². The summed E-state index contributed by atoms with van der Waals surface area (Å²) in [6, 6.07) is 2.96. The van der Waals surface area contributed by atoms with Gasteiger partial charge in [-0.3, -0.25) is 9.59 Å². The summed E-state index contributed by atoms with van der Waals surface area (Å²) in [5.41, 5.74) is -1.15. The summed E-state index contributed by atoms with van der Waals surface area (Å²) in [5.74, 6) is -1.29. The Labute approximate surface area is 124 Å². The van der Waals surface area contributed by atoms with Crippen molar-refractivity contribution in [3.63, 3.8) is 0 Å². The summed E-state index contributed by atoms with van der Waals surface area (Å²) in [6.07, 6.45) is -3.69. The second-order valence-corrected chi connectivity index (χ2v) is 4.42. The molecule has 0 fully saturated rings. The monoisotopic (exact) mass is 320 g/mol. The third-order valence-corrected chi connectivity index (χ3v) is 2.65. The van der Waals surface area contributed by atoms with Crippen LogP contribution >= 0.6 is 11.6 Å². The molecular formula is C13H12ClF3N2O2. The fourth-order valence-corrected chi connectivity index (χ4v) is 1.64. The molecule has 0 saturated heterocycles. The Morgan fingerprint density at radius 1 is 1.29 bits per heavy atom. The molecule has 0 aliphatic rings. The van der Waals surface area contributed by atoms with Gasteiger partial charge in [0.2, 0.25) is 11.8 Å². The molecule has 2 N–H and O–H groups in total. The van der Waals surface area contributed by atoms with Gasteiger partial charge in [-0.1, -0.05) is 17.7 Å². The van der Waals surface area contributed by atoms with Crippen molar-refractivity contribution in [2.75, 3.05) is 11.9 Å². The van der Waals surface area contributed by atoms with Gasteiger partial charge in [0.05, 0.1) is 10.6 Å². The molecule has 8 heteroatoms. The van der Waals surface area contributed by atoms with Crippen molar-refractivity contribution in [2.24, 2.45) is 0 Å². The summed E-state index contributed by atoms with van der Waals surface area (Å²) in [5, 5.41) is 4.11. The Kier molecular flexibility index (Phi) is 5.78. The van der Waals surface area contributed by atoms with E-state index in [0.717, 1.165) is 6.07 Å². The van der Waals surface area contributed by atoms with E-state index in [0.29, 0.717) is 6.07 Å². The second-order valence-electron chi connectivity index (χ2n) is 4.01. The molecule has 21 heavy (non-hydrogen) atoms. The SMILES string of the molecule is C=CCNC(=O)CC(=O)Nc1ccc(Cl)c(C(F)(F)F)c1. The maximum atomic E-state index is 12.6. The van der Waals surface area contributed by atoms with Crippen molar-refractivity contribution in [3.05, 3.63) is 41.4 Å². The molecule has 0 saturated carbocycles. The molecule has 0 unspecified atom stereocenters. The number of halogens is 4. The molecule has 0 spiro atoms. The zero-order valence-corrected chi connectivity index (χ0v) is 11.5. The zero-order valence-electron chi connectivity index (χ0n) is 10.8. The Hall–Kier alpha value is -2.02. The van der Waals surface area contributed by atoms with Gasteiger partial charge in [-0.25, -0.2) is 0 Å². The van der Waals surface area contributed by atoms with Gasteiger partial charge in [0.15, 0.2) is 0 Å². The molecule has 1 aromatic rings. The van der Waals surface area contributed by atoms with Crippen molar-refractivity contribution in [1.29, 1.82) is 0 Å². The van der Waals surface area contributed by atoms with E-state index in [2.05, 4.69) is 17.2 Å². The first-order chi connectivity index (χ1) is 9.74. The first-order valence-electron chi connectivity index (χ1n) is 5.78. The van der Waals surface area contributed by atoms with Crippen molar-refractivity contribution >= 4 is 29.1 Å². The quantitative estimate of drug-likeness (QED) is 0.647. The van der Waals surface area contributed by atoms with Gasteiger partial charge < -0.3 is 10.6 Å². The van der Waals surface area contributed by atoms with Crippen LogP contribution in [0.1, 0.15) is 12.0 Å². The van der Waals surface area contributed by atoms with E-state index in [-0.39, 0.29) is 12.2 Å². The van der Waals surface area contributed by atoms with Crippen molar-refractivity contribution in [3.8, 4) is 0 Å². The van der Waals surface area contributed by atoms with Gasteiger partial charge in [0.25, 0.3) is 0 Å². The minimum Gasteiger partial charge on any atom is -0.352 e. The summed E-state index contributed by atoms with van der Waals surface area (Å²) >= 11 is 5.45. The number of hydrogen-bond acceptors (Lipinski definition) is 2. The van der Waals surface area contributed by atoms with Crippen molar-refractivity contribution < 1.29 is 22.8 Å². The third-order valence-electron chi connectivity index (χ3n) is 2.32. The molecular weight excluding hydrogens is 309 g/mol. The van der Waals surface area contributed by atoms with Crippen molar-refractivity contribution in [2.45, 2.75) is 12.6 Å². The highest BCUT2D eigenvalue weighted by Gasteiger charge is 2.33. The number of benzene rings is 1. The number of carbonyl (C=O) groups is 2. The molecule has 0 atom stereocenters. The van der Waals surface area contributed by atoms with Gasteiger partial charge in [0, 0.05) is 12.2 Å². The molecule has 0 bridgehead atoms. The average molecular weight is 321 g/mol. The van der Waals surface area contributed by atoms with Gasteiger partial charge in [0.1, 0.15) is 6.42 Å². The standard InChI is InChI=1S/C13H12ClF3N2O2/c1-2-5-18-11(20)7-12(21)19-8-3-4-10(14)9(6-8)13(15,16)17/h2-4,6H,1,5,7H2,(H,18,20)(H,19,21). The molecule has 0 aliphatic carbocycles. The number of carbonyl (C=O) groups excluding carboxylic acids is 2. The summed E-state index contributed by atoms with van der Waals surface area (Å²) in [6.45, 7) is 3.59. The summed E-state index contributed by atoms with van der Waals surface area (Å²) in [7, 11) is 0. The number of amides is 2. The predicted octanol–water partition coefficient (Wildman–Crippen LogP) is 2.99. The average Bonchev–Trinajstić information content (AvgIpc) is 2.37. The molecule has 114 valence electrons. The van der Waals surface area contributed by atoms with Crippen molar-refractivity contribution in [1.82, 2.24) is 5.32 Å². The lowest BCUT2D eigenvalue weighted by molar-refractivity contribution is -0.137. The van der Waals surface area contributed by atoms with E-state index in [1.807, 2.05) is 0 Å². The largest absolute Gasteiger partial charge is 0.417 e. The van der Waals surface area contributed by atoms with Crippen LogP contribution in [0.3, 0.4) is 0 Å². The van der Waals surface area contributed by atoms with Crippen LogP contribution in [0, 0.1) is 0 Å². The maximum Gasteiger partial charge on any atom is 0.417 e. The van der Waals surface area contributed by atoms with Gasteiger partial charge in [-0.05, 0) is 18.2 Å². The van der Waals surface area contributed by atoms with E-state index in [1.165, 1.54) is 12.1 Å². The molecule has 1 rings (SSSR count). The van der Waals surface area contributed by atoms with E-state index in [9.17, 15) is 22.8 Å². The van der Waals surface area contributed by atoms with Gasteiger partial charge in [-0.15, -0.1) is 6.58 Å². The fraction of sp³-hybridized carbons (Fsp3) is 0.231. The predicted molar refractivity (Wildman–Crippen MR) is 72.9 cm³/mol. The van der Waals surface area contributed by atoms with E-state index in [4.69, 9.17) is 11.6 Å². The van der Waals surface area contributed by atoms with E-state index in [1.54, 1.807) is 0 Å². The highest BCUT2D eigenvalue weighted by Crippen LogP contribution is 2.36. The highest BCUT2D eigenvalue weighted by atomic mass is 35.5. The number of alkyl halides is 3. The molecule has 0 aromatic heterocycles. The smallest absolute Gasteiger partial charge is 0.352 e. The summed E-state index contributed by atoms with van der Waals surface area (Å²) in [4.78, 5) is 22.8. The number of rotatable bonds is 5. The number of anilines is 1. The zero-order chi connectivity index (χ0) is 16.0. The lowest BCUT2D eigenvalue weighted by Crippen LogP contribution is -2.28. The first-order valence-corrected chi connectivity index (χ1v) is 6.16. The highest BCUT2D eigenvalue weighted by molar-refractivity contribution is 6.31. The van der Waals surface area contributed by atoms with E-state index >= 15 is 0 Å². The molecule has 2 amide bonds. The van der Waals surface area contributed by atoms with Crippen LogP contribution in [0.15, 0.2) is 30.9 Å². The Morgan fingerprint density at radius 2 is 1.95 bits per heavy atom. The minimum absolute atomic E-state index is 0.0896. The first kappa shape index (κ1) is 17.0. The summed E-state index contributed by atoms with van der Waals surface area (Å²) < 4.78 is 37.9. The molecule has 0 aliphatic heterocycles. The Balaban J connectivity index is 2.73.